The molecule has 1 aliphatic rings. The minimum absolute atomic E-state index is 0.0321. The topological polar surface area (TPSA) is 107 Å². The van der Waals surface area contributed by atoms with E-state index in [0.717, 1.165) is 11.0 Å². The van der Waals surface area contributed by atoms with Crippen molar-refractivity contribution in [3.63, 3.8) is 0 Å². The van der Waals surface area contributed by atoms with Gasteiger partial charge in [0.05, 0.1) is 28.2 Å². The highest BCUT2D eigenvalue weighted by atomic mass is 16.6. The average molecular weight is 354 g/mol. The van der Waals surface area contributed by atoms with Gasteiger partial charge < -0.3 is 4.74 Å². The minimum atomic E-state index is -0.760. The zero-order valence-corrected chi connectivity index (χ0v) is 13.8. The molecule has 0 radical (unpaired) electrons. The molecule has 0 aromatic heterocycles. The Morgan fingerprint density at radius 3 is 2.31 bits per heavy atom. The van der Waals surface area contributed by atoms with Crippen LogP contribution >= 0.6 is 0 Å². The van der Waals surface area contributed by atoms with Gasteiger partial charge in [0.25, 0.3) is 17.5 Å². The second-order valence-electron chi connectivity index (χ2n) is 5.70. The molecule has 0 atom stereocenters. The van der Waals surface area contributed by atoms with Gasteiger partial charge in [-0.1, -0.05) is 18.2 Å². The van der Waals surface area contributed by atoms with Crippen LogP contribution in [0, 0.1) is 17.0 Å². The number of nitro groups is 1. The third-order valence-corrected chi connectivity index (χ3v) is 4.07. The smallest absolute Gasteiger partial charge is 0.338 e. The molecular weight excluding hydrogens is 340 g/mol. The van der Waals surface area contributed by atoms with Crippen LogP contribution in [0.25, 0.3) is 0 Å². The molecule has 2 aromatic rings. The minimum Gasteiger partial charge on any atom is -0.460 e. The van der Waals surface area contributed by atoms with Crippen molar-refractivity contribution in [2.45, 2.75) is 6.92 Å². The first kappa shape index (κ1) is 17.3. The molecule has 8 heteroatoms. The molecule has 1 heterocycles. The van der Waals surface area contributed by atoms with E-state index in [-0.39, 0.29) is 24.4 Å². The maximum atomic E-state index is 12.2. The third kappa shape index (κ3) is 3.04. The van der Waals surface area contributed by atoms with Crippen LogP contribution in [0.1, 0.15) is 36.6 Å². The van der Waals surface area contributed by atoms with Crippen molar-refractivity contribution in [1.29, 1.82) is 0 Å². The maximum absolute atomic E-state index is 12.2. The van der Waals surface area contributed by atoms with Crippen LogP contribution in [0.3, 0.4) is 0 Å². The highest BCUT2D eigenvalue weighted by molar-refractivity contribution is 6.21. The lowest BCUT2D eigenvalue weighted by atomic mass is 10.1. The Morgan fingerprint density at radius 2 is 1.73 bits per heavy atom. The van der Waals surface area contributed by atoms with Gasteiger partial charge in [-0.2, -0.15) is 0 Å². The average Bonchev–Trinajstić information content (AvgIpc) is 2.87. The summed E-state index contributed by atoms with van der Waals surface area (Å²) >= 11 is 0. The molecule has 0 aliphatic carbocycles. The molecule has 1 aliphatic heterocycles. The lowest BCUT2D eigenvalue weighted by Gasteiger charge is -2.13. The highest BCUT2D eigenvalue weighted by Gasteiger charge is 2.34. The highest BCUT2D eigenvalue weighted by Crippen LogP contribution is 2.22. The molecule has 3 rings (SSSR count). The van der Waals surface area contributed by atoms with Gasteiger partial charge in [-0.25, -0.2) is 4.79 Å². The Bertz CT molecular complexity index is 902. The summed E-state index contributed by atoms with van der Waals surface area (Å²) in [6.07, 6.45) is 0. The van der Waals surface area contributed by atoms with Crippen LogP contribution in [-0.4, -0.2) is 40.8 Å². The largest absolute Gasteiger partial charge is 0.460 e. The molecule has 2 amide bonds. The summed E-state index contributed by atoms with van der Waals surface area (Å²) in [4.78, 5) is 47.8. The fourth-order valence-corrected chi connectivity index (χ4v) is 2.69. The number of esters is 1. The number of fused-ring (bicyclic) bond motifs is 1. The SMILES string of the molecule is Cc1ccc(C(=O)OCCN2C(=O)c3ccccc3C2=O)cc1[N+](=O)[O-]. The number of nitrogens with zero attached hydrogens (tertiary/aromatic N) is 2. The number of benzene rings is 2. The van der Waals surface area contributed by atoms with Gasteiger partial charge in [0.1, 0.15) is 6.61 Å². The van der Waals surface area contributed by atoms with Crippen LogP contribution in [0.4, 0.5) is 5.69 Å². The molecule has 0 saturated carbocycles. The molecule has 0 bridgehead atoms. The summed E-state index contributed by atoms with van der Waals surface area (Å²) < 4.78 is 5.05. The van der Waals surface area contributed by atoms with Crippen molar-refractivity contribution in [2.75, 3.05) is 13.2 Å². The van der Waals surface area contributed by atoms with Crippen LogP contribution < -0.4 is 0 Å². The number of carbonyl (C=O) groups is 3. The normalized spacial score (nSPS) is 12.9. The summed E-state index contributed by atoms with van der Waals surface area (Å²) in [5.41, 5.74) is 0.915. The first-order valence-corrected chi connectivity index (χ1v) is 7.77. The third-order valence-electron chi connectivity index (χ3n) is 4.07. The molecule has 0 fully saturated rings. The zero-order valence-electron chi connectivity index (χ0n) is 13.8. The predicted molar refractivity (Wildman–Crippen MR) is 89.9 cm³/mol. The number of hydrogen-bond acceptors (Lipinski definition) is 6. The number of aryl methyl sites for hydroxylation is 1. The summed E-state index contributed by atoms with van der Waals surface area (Å²) in [6, 6.07) is 10.5. The second-order valence-corrected chi connectivity index (χ2v) is 5.70. The van der Waals surface area contributed by atoms with E-state index >= 15 is 0 Å². The summed E-state index contributed by atoms with van der Waals surface area (Å²) in [5.74, 6) is -1.63. The number of imide groups is 1. The molecule has 0 unspecified atom stereocenters. The van der Waals surface area contributed by atoms with E-state index in [9.17, 15) is 24.5 Å². The van der Waals surface area contributed by atoms with Gasteiger partial charge in [-0.15, -0.1) is 0 Å². The maximum Gasteiger partial charge on any atom is 0.338 e. The van der Waals surface area contributed by atoms with Gasteiger partial charge in [0.2, 0.25) is 0 Å². The second kappa shape index (κ2) is 6.75. The predicted octanol–water partition coefficient (Wildman–Crippen LogP) is 2.36. The molecule has 2 aromatic carbocycles. The van der Waals surface area contributed by atoms with Gasteiger partial charge in [0.15, 0.2) is 0 Å². The number of nitro benzene ring substituents is 1. The Labute approximate surface area is 148 Å². The monoisotopic (exact) mass is 354 g/mol. The van der Waals surface area contributed by atoms with Crippen molar-refractivity contribution >= 4 is 23.5 Å². The van der Waals surface area contributed by atoms with Crippen LogP contribution in [0.15, 0.2) is 42.5 Å². The number of amides is 2. The van der Waals surface area contributed by atoms with Crippen molar-refractivity contribution in [1.82, 2.24) is 4.90 Å². The Morgan fingerprint density at radius 1 is 1.12 bits per heavy atom. The molecular formula is C18H14N2O6. The van der Waals surface area contributed by atoms with E-state index in [1.165, 1.54) is 12.1 Å². The van der Waals surface area contributed by atoms with E-state index in [2.05, 4.69) is 0 Å². The Kier molecular flexibility index (Phi) is 4.49. The first-order chi connectivity index (χ1) is 12.4. The lowest BCUT2D eigenvalue weighted by molar-refractivity contribution is -0.385. The van der Waals surface area contributed by atoms with Crippen molar-refractivity contribution in [3.8, 4) is 0 Å². The fraction of sp³-hybridized carbons (Fsp3) is 0.167. The first-order valence-electron chi connectivity index (χ1n) is 7.77. The van der Waals surface area contributed by atoms with Crippen LogP contribution in [0.5, 0.6) is 0 Å². The van der Waals surface area contributed by atoms with E-state index in [4.69, 9.17) is 4.74 Å². The number of ether oxygens (including phenoxy) is 1. The van der Waals surface area contributed by atoms with Crippen LogP contribution in [0.2, 0.25) is 0 Å². The Balaban J connectivity index is 1.63. The molecule has 132 valence electrons. The van der Waals surface area contributed by atoms with E-state index in [0.29, 0.717) is 16.7 Å². The Hall–Kier alpha value is -3.55. The van der Waals surface area contributed by atoms with Crippen LogP contribution in [-0.2, 0) is 4.74 Å². The molecule has 0 N–H and O–H groups in total. The number of rotatable bonds is 5. The van der Waals surface area contributed by atoms with Gasteiger partial charge >= 0.3 is 5.97 Å². The van der Waals surface area contributed by atoms with Gasteiger partial charge in [-0.3, -0.25) is 24.6 Å². The zero-order chi connectivity index (χ0) is 18.8. The van der Waals surface area contributed by atoms with Gasteiger partial charge in [0, 0.05) is 11.6 Å². The molecule has 0 saturated heterocycles. The van der Waals surface area contributed by atoms with Crippen molar-refractivity contribution in [2.24, 2.45) is 0 Å². The summed E-state index contributed by atoms with van der Waals surface area (Å²) in [7, 11) is 0. The molecule has 26 heavy (non-hydrogen) atoms. The number of hydrogen-bond donors (Lipinski definition) is 0. The van der Waals surface area contributed by atoms with Crippen molar-refractivity contribution < 1.29 is 24.0 Å². The summed E-state index contributed by atoms with van der Waals surface area (Å²) in [5, 5.41) is 10.9. The quantitative estimate of drug-likeness (QED) is 0.353. The van der Waals surface area contributed by atoms with E-state index < -0.39 is 22.7 Å². The fourth-order valence-electron chi connectivity index (χ4n) is 2.69. The molecule has 8 nitrogen and oxygen atoms in total. The number of carbonyl (C=O) groups excluding carboxylic acids is 3. The molecule has 0 spiro atoms. The van der Waals surface area contributed by atoms with Crippen molar-refractivity contribution in [3.05, 3.63) is 74.8 Å². The van der Waals surface area contributed by atoms with E-state index in [1.54, 1.807) is 31.2 Å². The van der Waals surface area contributed by atoms with Gasteiger partial charge in [-0.05, 0) is 25.1 Å². The standard InChI is InChI=1S/C18H14N2O6/c1-11-6-7-12(10-15(11)20(24)25)18(23)26-9-8-19-16(21)13-4-2-3-5-14(13)17(19)22/h2-7,10H,8-9H2,1H3. The van der Waals surface area contributed by atoms with E-state index in [1.807, 2.05) is 0 Å². The summed E-state index contributed by atoms with van der Waals surface area (Å²) in [6.45, 7) is 1.27. The lowest BCUT2D eigenvalue weighted by Crippen LogP contribution is -2.33.